The van der Waals surface area contributed by atoms with Crippen molar-refractivity contribution in [2.75, 3.05) is 38.5 Å². The topological polar surface area (TPSA) is 159 Å². The number of piperidine rings is 2. The summed E-state index contributed by atoms with van der Waals surface area (Å²) >= 11 is 0. The quantitative estimate of drug-likeness (QED) is 0.306. The Morgan fingerprint density at radius 2 is 1.91 bits per heavy atom. The molecule has 1 unspecified atom stereocenters. The third kappa shape index (κ3) is 8.53. The number of nitrogens with two attached hydrogens (primary N) is 1. The zero-order chi connectivity index (χ0) is 24.4. The molecule has 0 radical (unpaired) electrons. The molecule has 2 aliphatic rings. The van der Waals surface area contributed by atoms with Crippen LogP contribution in [0.25, 0.3) is 0 Å². The molecule has 0 aromatic rings. The standard InChI is InChI=1S/C22H40N4O6S/c1-2-3-13-33(31,32)20(23)18(22(29)30)14-25-21(28)17-5-4-12-26(15-17)19(27)7-6-16-8-10-24-11-9-16/h16-18,20,24H,2-15,23H2,1H3,(H,25,28)(H,29,30)/t17-,18-,20?/m1/s1. The summed E-state index contributed by atoms with van der Waals surface area (Å²) in [6, 6.07) is 0. The molecule has 5 N–H and O–H groups in total. The molecule has 0 bridgehead atoms. The summed E-state index contributed by atoms with van der Waals surface area (Å²) in [5, 5.41) is 13.8. The second-order valence-corrected chi connectivity index (χ2v) is 11.6. The van der Waals surface area contributed by atoms with Gasteiger partial charge < -0.3 is 26.4 Å². The van der Waals surface area contributed by atoms with Gasteiger partial charge in [0.15, 0.2) is 9.84 Å². The minimum absolute atomic E-state index is 0.0542. The monoisotopic (exact) mass is 488 g/mol. The lowest BCUT2D eigenvalue weighted by atomic mass is 9.92. The number of amides is 2. The number of carboxylic acids is 1. The molecule has 2 aliphatic heterocycles. The van der Waals surface area contributed by atoms with Crippen LogP contribution < -0.4 is 16.4 Å². The molecule has 0 saturated carbocycles. The molecule has 33 heavy (non-hydrogen) atoms. The maximum atomic E-state index is 12.7. The van der Waals surface area contributed by atoms with Crippen LogP contribution in [0.15, 0.2) is 0 Å². The molecule has 10 nitrogen and oxygen atoms in total. The maximum Gasteiger partial charge on any atom is 0.310 e. The fourth-order valence-electron chi connectivity index (χ4n) is 4.50. The van der Waals surface area contributed by atoms with Crippen LogP contribution in [0, 0.1) is 17.8 Å². The van der Waals surface area contributed by atoms with E-state index in [1.165, 1.54) is 0 Å². The molecule has 190 valence electrons. The van der Waals surface area contributed by atoms with E-state index in [0.29, 0.717) is 51.1 Å². The molecule has 0 aromatic heterocycles. The van der Waals surface area contributed by atoms with Crippen molar-refractivity contribution >= 4 is 27.6 Å². The highest BCUT2D eigenvalue weighted by atomic mass is 32.2. The van der Waals surface area contributed by atoms with E-state index in [1.54, 1.807) is 4.90 Å². The smallest absolute Gasteiger partial charge is 0.310 e. The summed E-state index contributed by atoms with van der Waals surface area (Å²) in [6.45, 7) is 4.38. The number of nitrogens with one attached hydrogen (secondary N) is 2. The number of sulfone groups is 1. The van der Waals surface area contributed by atoms with Crippen LogP contribution in [0.3, 0.4) is 0 Å². The van der Waals surface area contributed by atoms with Crippen LogP contribution in [-0.4, -0.2) is 80.1 Å². The van der Waals surface area contributed by atoms with Crippen LogP contribution in [-0.2, 0) is 24.2 Å². The number of nitrogens with zero attached hydrogens (tertiary/aromatic N) is 1. The van der Waals surface area contributed by atoms with Crippen LogP contribution in [0.2, 0.25) is 0 Å². The number of unbranched alkanes of at least 4 members (excludes halogenated alkanes) is 1. The Bertz CT molecular complexity index is 769. The third-order valence-electron chi connectivity index (χ3n) is 6.78. The van der Waals surface area contributed by atoms with E-state index in [4.69, 9.17) is 5.73 Å². The first-order chi connectivity index (χ1) is 15.7. The van der Waals surface area contributed by atoms with Gasteiger partial charge in [0.25, 0.3) is 0 Å². The van der Waals surface area contributed by atoms with E-state index in [2.05, 4.69) is 10.6 Å². The molecular weight excluding hydrogens is 448 g/mol. The van der Waals surface area contributed by atoms with Crippen molar-refractivity contribution in [1.82, 2.24) is 15.5 Å². The van der Waals surface area contributed by atoms with Gasteiger partial charge in [-0.3, -0.25) is 14.4 Å². The average Bonchev–Trinajstić information content (AvgIpc) is 2.81. The van der Waals surface area contributed by atoms with Gasteiger partial charge in [0, 0.05) is 26.1 Å². The van der Waals surface area contributed by atoms with Crippen molar-refractivity contribution in [1.29, 1.82) is 0 Å². The molecule has 0 spiro atoms. The van der Waals surface area contributed by atoms with E-state index in [9.17, 15) is 27.9 Å². The van der Waals surface area contributed by atoms with Gasteiger partial charge in [-0.15, -0.1) is 0 Å². The van der Waals surface area contributed by atoms with Crippen molar-refractivity contribution in [2.24, 2.45) is 23.5 Å². The Kier molecular flexibility index (Phi) is 11.0. The molecule has 2 rings (SSSR count). The largest absolute Gasteiger partial charge is 0.481 e. The number of aliphatic carboxylic acids is 1. The fourth-order valence-corrected chi connectivity index (χ4v) is 6.18. The van der Waals surface area contributed by atoms with E-state index in [0.717, 1.165) is 32.4 Å². The second kappa shape index (κ2) is 13.2. The highest BCUT2D eigenvalue weighted by Gasteiger charge is 2.36. The minimum Gasteiger partial charge on any atom is -0.481 e. The van der Waals surface area contributed by atoms with Crippen molar-refractivity contribution in [3.63, 3.8) is 0 Å². The summed E-state index contributed by atoms with van der Waals surface area (Å²) in [5.41, 5.74) is 5.78. The van der Waals surface area contributed by atoms with Gasteiger partial charge in [-0.05, 0) is 57.5 Å². The Balaban J connectivity index is 1.86. The van der Waals surface area contributed by atoms with Gasteiger partial charge in [0.2, 0.25) is 11.8 Å². The minimum atomic E-state index is -3.79. The highest BCUT2D eigenvalue weighted by molar-refractivity contribution is 7.92. The van der Waals surface area contributed by atoms with E-state index < -0.39 is 33.0 Å². The van der Waals surface area contributed by atoms with Gasteiger partial charge in [0.1, 0.15) is 11.3 Å². The number of hydrogen-bond donors (Lipinski definition) is 4. The van der Waals surface area contributed by atoms with Gasteiger partial charge >= 0.3 is 5.97 Å². The summed E-state index contributed by atoms with van der Waals surface area (Å²) in [5.74, 6) is -3.16. The molecule has 2 amide bonds. The van der Waals surface area contributed by atoms with Crippen LogP contribution >= 0.6 is 0 Å². The summed E-state index contributed by atoms with van der Waals surface area (Å²) in [7, 11) is -3.79. The predicted octanol–water partition coefficient (Wildman–Crippen LogP) is 0.322. The molecule has 2 heterocycles. The number of carbonyl (C=O) groups excluding carboxylic acids is 2. The molecule has 3 atom stereocenters. The Labute approximate surface area is 196 Å². The maximum absolute atomic E-state index is 12.7. The second-order valence-electron chi connectivity index (χ2n) is 9.29. The molecular formula is C22H40N4O6S. The zero-order valence-corrected chi connectivity index (χ0v) is 20.4. The van der Waals surface area contributed by atoms with E-state index in [-0.39, 0.29) is 24.1 Å². The number of carboxylic acid groups (broad SMARTS) is 1. The first-order valence-corrected chi connectivity index (χ1v) is 13.8. The first kappa shape index (κ1) is 27.5. The summed E-state index contributed by atoms with van der Waals surface area (Å²) in [4.78, 5) is 38.7. The van der Waals surface area contributed by atoms with Gasteiger partial charge in [-0.25, -0.2) is 8.42 Å². The first-order valence-electron chi connectivity index (χ1n) is 12.1. The van der Waals surface area contributed by atoms with Crippen LogP contribution in [0.5, 0.6) is 0 Å². The summed E-state index contributed by atoms with van der Waals surface area (Å²) in [6.07, 6.45) is 5.85. The lowest BCUT2D eigenvalue weighted by Gasteiger charge is -2.33. The van der Waals surface area contributed by atoms with Gasteiger partial charge in [0.05, 0.1) is 11.7 Å². The Morgan fingerprint density at radius 1 is 1.21 bits per heavy atom. The van der Waals surface area contributed by atoms with Crippen molar-refractivity contribution in [2.45, 2.75) is 63.7 Å². The molecule has 0 aliphatic carbocycles. The highest BCUT2D eigenvalue weighted by Crippen LogP contribution is 2.22. The van der Waals surface area contributed by atoms with Crippen molar-refractivity contribution in [3.8, 4) is 0 Å². The number of hydrogen-bond acceptors (Lipinski definition) is 7. The number of rotatable bonds is 12. The Hall–Kier alpha value is -1.72. The Morgan fingerprint density at radius 3 is 2.55 bits per heavy atom. The molecule has 0 aromatic carbocycles. The van der Waals surface area contributed by atoms with Crippen LogP contribution in [0.1, 0.15) is 58.3 Å². The fraction of sp³-hybridized carbons (Fsp3) is 0.864. The molecule has 2 saturated heterocycles. The van der Waals surface area contributed by atoms with E-state index in [1.807, 2.05) is 6.92 Å². The molecule has 2 fully saturated rings. The third-order valence-corrected chi connectivity index (χ3v) is 8.79. The van der Waals surface area contributed by atoms with Crippen molar-refractivity contribution < 1.29 is 27.9 Å². The van der Waals surface area contributed by atoms with Crippen LogP contribution in [0.4, 0.5) is 0 Å². The SMILES string of the molecule is CCCCS(=O)(=O)C(N)[C@@H](CNC(=O)[C@@H]1CCCN(C(=O)CCC2CCNCC2)C1)C(=O)O. The molecule has 11 heteroatoms. The lowest BCUT2D eigenvalue weighted by Crippen LogP contribution is -2.50. The number of likely N-dealkylation sites (tertiary alicyclic amines) is 1. The number of carbonyl (C=O) groups is 3. The van der Waals surface area contributed by atoms with Crippen molar-refractivity contribution in [3.05, 3.63) is 0 Å². The zero-order valence-electron chi connectivity index (χ0n) is 19.6. The predicted molar refractivity (Wildman–Crippen MR) is 125 cm³/mol. The summed E-state index contributed by atoms with van der Waals surface area (Å²) < 4.78 is 24.7. The van der Waals surface area contributed by atoms with Gasteiger partial charge in [-0.1, -0.05) is 13.3 Å². The van der Waals surface area contributed by atoms with E-state index >= 15 is 0 Å². The normalized spacial score (nSPS) is 21.9. The average molecular weight is 489 g/mol. The lowest BCUT2D eigenvalue weighted by molar-refractivity contribution is -0.141. The van der Waals surface area contributed by atoms with Gasteiger partial charge in [-0.2, -0.15) is 0 Å².